The van der Waals surface area contributed by atoms with E-state index in [1.54, 1.807) is 6.92 Å². The maximum atomic E-state index is 10.8. The van der Waals surface area contributed by atoms with Gasteiger partial charge in [0.15, 0.2) is 0 Å². The molecule has 0 saturated heterocycles. The van der Waals surface area contributed by atoms with Gasteiger partial charge in [-0.25, -0.2) is 0 Å². The van der Waals surface area contributed by atoms with Crippen molar-refractivity contribution in [2.45, 2.75) is 52.0 Å². The van der Waals surface area contributed by atoms with Gasteiger partial charge in [-0.1, -0.05) is 49.6 Å². The molecule has 0 bridgehead atoms. The first-order chi connectivity index (χ1) is 9.18. The molecule has 0 aromatic heterocycles. The number of carbonyl (C=O) groups is 1. The molecule has 0 atom stereocenters. The molecular weight excluding hydrogens is 234 g/mol. The van der Waals surface area contributed by atoms with Gasteiger partial charge in [0.2, 0.25) is 0 Å². The lowest BCUT2D eigenvalue weighted by Crippen LogP contribution is -2.18. The quantitative estimate of drug-likeness (QED) is 0.592. The van der Waals surface area contributed by atoms with E-state index in [-0.39, 0.29) is 0 Å². The third-order valence-electron chi connectivity index (χ3n) is 3.36. The van der Waals surface area contributed by atoms with Crippen LogP contribution in [-0.2, 0) is 11.3 Å². The molecule has 1 aromatic carbocycles. The average molecular weight is 261 g/mol. The van der Waals surface area contributed by atoms with Crippen molar-refractivity contribution in [3.8, 4) is 0 Å². The van der Waals surface area contributed by atoms with E-state index in [4.69, 9.17) is 0 Å². The van der Waals surface area contributed by atoms with Crippen molar-refractivity contribution in [2.24, 2.45) is 0 Å². The van der Waals surface area contributed by atoms with Crippen LogP contribution in [-0.4, -0.2) is 24.3 Å². The molecule has 0 N–H and O–H groups in total. The summed E-state index contributed by atoms with van der Waals surface area (Å²) in [4.78, 5) is 13.2. The second kappa shape index (κ2) is 9.74. The Balaban J connectivity index is 1.99. The van der Waals surface area contributed by atoms with Crippen molar-refractivity contribution >= 4 is 5.78 Å². The predicted octanol–water partition coefficient (Wildman–Crippen LogP) is 4.05. The number of hydrogen-bond acceptors (Lipinski definition) is 2. The number of benzene rings is 1. The van der Waals surface area contributed by atoms with E-state index in [0.717, 1.165) is 25.9 Å². The zero-order chi connectivity index (χ0) is 13.9. The highest BCUT2D eigenvalue weighted by Crippen LogP contribution is 2.08. The highest BCUT2D eigenvalue weighted by Gasteiger charge is 2.00. The second-order valence-electron chi connectivity index (χ2n) is 5.44. The molecule has 0 radical (unpaired) electrons. The third-order valence-corrected chi connectivity index (χ3v) is 3.36. The third kappa shape index (κ3) is 8.55. The molecule has 0 spiro atoms. The summed E-state index contributed by atoms with van der Waals surface area (Å²) in [5.41, 5.74) is 1.38. The van der Waals surface area contributed by atoms with Gasteiger partial charge in [-0.05, 0) is 38.9 Å². The van der Waals surface area contributed by atoms with Gasteiger partial charge < -0.3 is 9.69 Å². The smallest absolute Gasteiger partial charge is 0.129 e. The van der Waals surface area contributed by atoms with Crippen molar-refractivity contribution < 1.29 is 4.79 Å². The summed E-state index contributed by atoms with van der Waals surface area (Å²) in [5, 5.41) is 0. The van der Waals surface area contributed by atoms with Crippen LogP contribution in [0.4, 0.5) is 0 Å². The van der Waals surface area contributed by atoms with Crippen LogP contribution in [0.2, 0.25) is 0 Å². The standard InChI is InChI=1S/C17H27NO/c1-16(19)11-7-4-3-5-10-14-18(2)15-17-12-8-6-9-13-17/h6,8-9,12-13H,3-5,7,10-11,14-15H2,1-2H3. The largest absolute Gasteiger partial charge is 0.302 e. The first-order valence-electron chi connectivity index (χ1n) is 7.40. The topological polar surface area (TPSA) is 20.3 Å². The summed E-state index contributed by atoms with van der Waals surface area (Å²) in [5.74, 6) is 0.322. The Kier molecular flexibility index (Phi) is 8.15. The average Bonchev–Trinajstić information content (AvgIpc) is 2.38. The van der Waals surface area contributed by atoms with E-state index in [1.165, 1.54) is 31.2 Å². The molecule has 0 fully saturated rings. The number of Topliss-reactive ketones (excluding diaryl/α,β-unsaturated/α-hetero) is 1. The number of rotatable bonds is 10. The molecule has 2 heteroatoms. The van der Waals surface area contributed by atoms with E-state index in [2.05, 4.69) is 42.3 Å². The molecule has 0 unspecified atom stereocenters. The monoisotopic (exact) mass is 261 g/mol. The van der Waals surface area contributed by atoms with Crippen molar-refractivity contribution in [3.63, 3.8) is 0 Å². The van der Waals surface area contributed by atoms with E-state index in [0.29, 0.717) is 5.78 Å². The molecule has 1 rings (SSSR count). The fourth-order valence-corrected chi connectivity index (χ4v) is 2.26. The van der Waals surface area contributed by atoms with Gasteiger partial charge in [-0.15, -0.1) is 0 Å². The number of hydrogen-bond donors (Lipinski definition) is 0. The lowest BCUT2D eigenvalue weighted by molar-refractivity contribution is -0.117. The van der Waals surface area contributed by atoms with Gasteiger partial charge in [-0.2, -0.15) is 0 Å². The van der Waals surface area contributed by atoms with Gasteiger partial charge in [0, 0.05) is 13.0 Å². The van der Waals surface area contributed by atoms with Crippen LogP contribution >= 0.6 is 0 Å². The van der Waals surface area contributed by atoms with Crippen molar-refractivity contribution in [1.29, 1.82) is 0 Å². The minimum Gasteiger partial charge on any atom is -0.302 e. The second-order valence-corrected chi connectivity index (χ2v) is 5.44. The highest BCUT2D eigenvalue weighted by molar-refractivity contribution is 5.75. The molecule has 19 heavy (non-hydrogen) atoms. The molecule has 0 heterocycles. The highest BCUT2D eigenvalue weighted by atomic mass is 16.1. The van der Waals surface area contributed by atoms with Crippen LogP contribution in [0.1, 0.15) is 51.0 Å². The van der Waals surface area contributed by atoms with Crippen molar-refractivity contribution in [2.75, 3.05) is 13.6 Å². The van der Waals surface area contributed by atoms with Gasteiger partial charge in [0.1, 0.15) is 5.78 Å². The van der Waals surface area contributed by atoms with Gasteiger partial charge in [-0.3, -0.25) is 0 Å². The van der Waals surface area contributed by atoms with Crippen LogP contribution in [0, 0.1) is 0 Å². The van der Waals surface area contributed by atoms with Crippen molar-refractivity contribution in [1.82, 2.24) is 4.90 Å². The number of unbranched alkanes of at least 4 members (excludes halogenated alkanes) is 4. The maximum absolute atomic E-state index is 10.8. The number of ketones is 1. The normalized spacial score (nSPS) is 10.9. The summed E-state index contributed by atoms with van der Waals surface area (Å²) in [7, 11) is 2.18. The fourth-order valence-electron chi connectivity index (χ4n) is 2.26. The Morgan fingerprint density at radius 3 is 2.32 bits per heavy atom. The molecule has 1 aromatic rings. The van der Waals surface area contributed by atoms with E-state index < -0.39 is 0 Å². The minimum absolute atomic E-state index is 0.322. The van der Waals surface area contributed by atoms with Gasteiger partial charge >= 0.3 is 0 Å². The van der Waals surface area contributed by atoms with Crippen LogP contribution in [0.25, 0.3) is 0 Å². The number of nitrogens with zero attached hydrogens (tertiary/aromatic N) is 1. The summed E-state index contributed by atoms with van der Waals surface area (Å²) >= 11 is 0. The van der Waals surface area contributed by atoms with E-state index in [9.17, 15) is 4.79 Å². The van der Waals surface area contributed by atoms with Crippen LogP contribution in [0.15, 0.2) is 30.3 Å². The molecule has 0 saturated carbocycles. The summed E-state index contributed by atoms with van der Waals surface area (Å²) in [6.07, 6.45) is 6.80. The summed E-state index contributed by atoms with van der Waals surface area (Å²) in [6.45, 7) is 3.87. The van der Waals surface area contributed by atoms with Crippen LogP contribution in [0.3, 0.4) is 0 Å². The Morgan fingerprint density at radius 1 is 1.00 bits per heavy atom. The lowest BCUT2D eigenvalue weighted by Gasteiger charge is -2.16. The zero-order valence-corrected chi connectivity index (χ0v) is 12.4. The molecule has 0 amide bonds. The Hall–Kier alpha value is -1.15. The SMILES string of the molecule is CC(=O)CCCCCCCN(C)Cc1ccccc1. The van der Waals surface area contributed by atoms with Gasteiger partial charge in [0.25, 0.3) is 0 Å². The first kappa shape index (κ1) is 15.9. The molecule has 0 aliphatic heterocycles. The Morgan fingerprint density at radius 2 is 1.63 bits per heavy atom. The minimum atomic E-state index is 0.322. The first-order valence-corrected chi connectivity index (χ1v) is 7.40. The molecular formula is C17H27NO. The van der Waals surface area contributed by atoms with Crippen LogP contribution in [0.5, 0.6) is 0 Å². The molecule has 2 nitrogen and oxygen atoms in total. The summed E-state index contributed by atoms with van der Waals surface area (Å²) < 4.78 is 0. The lowest BCUT2D eigenvalue weighted by atomic mass is 10.1. The molecule has 0 aliphatic carbocycles. The zero-order valence-electron chi connectivity index (χ0n) is 12.4. The van der Waals surface area contributed by atoms with Crippen molar-refractivity contribution in [3.05, 3.63) is 35.9 Å². The Labute approximate surface area is 117 Å². The fraction of sp³-hybridized carbons (Fsp3) is 0.588. The summed E-state index contributed by atoms with van der Waals surface area (Å²) in [6, 6.07) is 10.6. The van der Waals surface area contributed by atoms with E-state index in [1.807, 2.05) is 0 Å². The Bertz CT molecular complexity index is 348. The predicted molar refractivity (Wildman–Crippen MR) is 81.2 cm³/mol. The van der Waals surface area contributed by atoms with Crippen LogP contribution < -0.4 is 0 Å². The van der Waals surface area contributed by atoms with E-state index >= 15 is 0 Å². The molecule has 106 valence electrons. The molecule has 0 aliphatic rings. The maximum Gasteiger partial charge on any atom is 0.129 e. The van der Waals surface area contributed by atoms with Gasteiger partial charge in [0.05, 0.1) is 0 Å². The number of carbonyl (C=O) groups excluding carboxylic acids is 1.